The third-order valence-corrected chi connectivity index (χ3v) is 3.13. The van der Waals surface area contributed by atoms with Crippen molar-refractivity contribution < 1.29 is 9.59 Å². The molecule has 5 heteroatoms. The Bertz CT molecular complexity index is 272. The Labute approximate surface area is 96.4 Å². The number of piperidine rings is 1. The van der Waals surface area contributed by atoms with Gasteiger partial charge in [-0.25, -0.2) is 0 Å². The fraction of sp³-hybridized carbons (Fsp3) is 0.818. The van der Waals surface area contributed by atoms with Crippen molar-refractivity contribution >= 4 is 11.8 Å². The van der Waals surface area contributed by atoms with E-state index < -0.39 is 6.04 Å². The normalized spacial score (nSPS) is 26.9. The molecule has 2 amide bonds. The van der Waals surface area contributed by atoms with E-state index in [-0.39, 0.29) is 17.2 Å². The summed E-state index contributed by atoms with van der Waals surface area (Å²) in [6.07, 6.45) is 1.87. The van der Waals surface area contributed by atoms with Gasteiger partial charge in [-0.1, -0.05) is 0 Å². The Morgan fingerprint density at radius 2 is 2.12 bits per heavy atom. The Balaban J connectivity index is 2.53. The van der Waals surface area contributed by atoms with Gasteiger partial charge in [-0.05, 0) is 33.2 Å². The highest BCUT2D eigenvalue weighted by Crippen LogP contribution is 2.25. The van der Waals surface area contributed by atoms with Crippen LogP contribution in [0.15, 0.2) is 0 Å². The zero-order chi connectivity index (χ0) is 12.2. The molecule has 3 N–H and O–H groups in total. The molecule has 0 aliphatic carbocycles. The molecule has 0 aromatic heterocycles. The van der Waals surface area contributed by atoms with Crippen LogP contribution >= 0.6 is 0 Å². The van der Waals surface area contributed by atoms with E-state index in [2.05, 4.69) is 16.0 Å². The summed E-state index contributed by atoms with van der Waals surface area (Å²) in [5.41, 5.74) is -0.388. The maximum absolute atomic E-state index is 12.0. The van der Waals surface area contributed by atoms with E-state index in [4.69, 9.17) is 0 Å². The monoisotopic (exact) mass is 227 g/mol. The average Bonchev–Trinajstić information content (AvgIpc) is 2.28. The third kappa shape index (κ3) is 2.95. The minimum Gasteiger partial charge on any atom is -0.357 e. The molecule has 1 fully saturated rings. The molecule has 0 bridgehead atoms. The Kier molecular flexibility index (Phi) is 4.29. The number of carbonyl (C=O) groups is 2. The Hall–Kier alpha value is -1.10. The molecule has 92 valence electrons. The quantitative estimate of drug-likeness (QED) is 0.616. The summed E-state index contributed by atoms with van der Waals surface area (Å²) < 4.78 is 0. The number of carbonyl (C=O) groups excluding carboxylic acids is 2. The number of hydrogen-bond donors (Lipinski definition) is 3. The smallest absolute Gasteiger partial charge is 0.242 e. The van der Waals surface area contributed by atoms with Crippen molar-refractivity contribution in [2.24, 2.45) is 5.41 Å². The summed E-state index contributed by atoms with van der Waals surface area (Å²) in [6, 6.07) is -0.476. The van der Waals surface area contributed by atoms with Crippen molar-refractivity contribution in [2.75, 3.05) is 20.1 Å². The van der Waals surface area contributed by atoms with Gasteiger partial charge in [0, 0.05) is 13.6 Å². The van der Waals surface area contributed by atoms with Gasteiger partial charge in [-0.3, -0.25) is 9.59 Å². The Morgan fingerprint density at radius 1 is 1.44 bits per heavy atom. The van der Waals surface area contributed by atoms with Crippen LogP contribution < -0.4 is 16.0 Å². The maximum atomic E-state index is 12.0. The lowest BCUT2D eigenvalue weighted by Crippen LogP contribution is -2.53. The number of hydrogen-bond acceptors (Lipinski definition) is 3. The van der Waals surface area contributed by atoms with E-state index in [1.807, 2.05) is 6.92 Å². The van der Waals surface area contributed by atoms with Gasteiger partial charge >= 0.3 is 0 Å². The van der Waals surface area contributed by atoms with Crippen LogP contribution in [0.25, 0.3) is 0 Å². The highest BCUT2D eigenvalue weighted by molar-refractivity contribution is 5.89. The van der Waals surface area contributed by atoms with Gasteiger partial charge in [-0.2, -0.15) is 0 Å². The largest absolute Gasteiger partial charge is 0.357 e. The van der Waals surface area contributed by atoms with Gasteiger partial charge in [0.2, 0.25) is 11.8 Å². The first kappa shape index (κ1) is 13.0. The minimum absolute atomic E-state index is 0.0456. The van der Waals surface area contributed by atoms with Gasteiger partial charge in [-0.15, -0.1) is 0 Å². The van der Waals surface area contributed by atoms with Crippen LogP contribution in [0.3, 0.4) is 0 Å². The van der Waals surface area contributed by atoms with Gasteiger partial charge < -0.3 is 16.0 Å². The van der Waals surface area contributed by atoms with Gasteiger partial charge in [0.25, 0.3) is 0 Å². The molecule has 16 heavy (non-hydrogen) atoms. The highest BCUT2D eigenvalue weighted by Gasteiger charge is 2.35. The van der Waals surface area contributed by atoms with E-state index in [0.717, 1.165) is 19.4 Å². The maximum Gasteiger partial charge on any atom is 0.242 e. The number of nitrogens with one attached hydrogen (secondary N) is 3. The Morgan fingerprint density at radius 3 is 2.62 bits per heavy atom. The molecule has 1 aliphatic heterocycles. The van der Waals surface area contributed by atoms with Gasteiger partial charge in [0.1, 0.15) is 6.04 Å². The predicted octanol–water partition coefficient (Wildman–Crippen LogP) is -0.373. The second kappa shape index (κ2) is 5.30. The van der Waals surface area contributed by atoms with Crippen LogP contribution in [-0.4, -0.2) is 38.0 Å². The fourth-order valence-electron chi connectivity index (χ4n) is 1.90. The van der Waals surface area contributed by atoms with Gasteiger partial charge in [0.05, 0.1) is 5.41 Å². The molecule has 2 unspecified atom stereocenters. The zero-order valence-electron chi connectivity index (χ0n) is 10.2. The van der Waals surface area contributed by atoms with Gasteiger partial charge in [0.15, 0.2) is 0 Å². The summed E-state index contributed by atoms with van der Waals surface area (Å²) >= 11 is 0. The SMILES string of the molecule is CNC(=O)C(C)NC(=O)C1(C)CCCNC1. The molecular weight excluding hydrogens is 206 g/mol. The summed E-state index contributed by atoms with van der Waals surface area (Å²) in [5.74, 6) is -0.212. The first-order valence-electron chi connectivity index (χ1n) is 5.73. The summed E-state index contributed by atoms with van der Waals surface area (Å²) in [5, 5.41) is 8.48. The molecule has 1 saturated heterocycles. The topological polar surface area (TPSA) is 70.2 Å². The number of likely N-dealkylation sites (N-methyl/N-ethyl adjacent to an activating group) is 1. The average molecular weight is 227 g/mol. The lowest BCUT2D eigenvalue weighted by molar-refractivity contribution is -0.135. The van der Waals surface area contributed by atoms with Crippen molar-refractivity contribution in [3.8, 4) is 0 Å². The van der Waals surface area contributed by atoms with Crippen molar-refractivity contribution in [3.05, 3.63) is 0 Å². The molecule has 1 rings (SSSR count). The fourth-order valence-corrected chi connectivity index (χ4v) is 1.90. The van der Waals surface area contributed by atoms with Crippen LogP contribution in [0.4, 0.5) is 0 Å². The van der Waals surface area contributed by atoms with E-state index in [9.17, 15) is 9.59 Å². The lowest BCUT2D eigenvalue weighted by Gasteiger charge is -2.33. The van der Waals surface area contributed by atoms with E-state index in [1.54, 1.807) is 14.0 Å². The standard InChI is InChI=1S/C11H21N3O2/c1-8(9(15)12-3)14-10(16)11(2)5-4-6-13-7-11/h8,13H,4-7H2,1-3H3,(H,12,15)(H,14,16). The number of amides is 2. The molecule has 5 nitrogen and oxygen atoms in total. The van der Waals surface area contributed by atoms with E-state index in [1.165, 1.54) is 0 Å². The van der Waals surface area contributed by atoms with Crippen LogP contribution in [0, 0.1) is 5.41 Å². The predicted molar refractivity (Wildman–Crippen MR) is 61.9 cm³/mol. The van der Waals surface area contributed by atoms with Crippen molar-refractivity contribution in [1.82, 2.24) is 16.0 Å². The summed E-state index contributed by atoms with van der Waals surface area (Å²) in [4.78, 5) is 23.3. The van der Waals surface area contributed by atoms with Crippen molar-refractivity contribution in [3.63, 3.8) is 0 Å². The summed E-state index contributed by atoms with van der Waals surface area (Å²) in [6.45, 7) is 5.27. The molecule has 0 spiro atoms. The van der Waals surface area contributed by atoms with Crippen molar-refractivity contribution in [2.45, 2.75) is 32.7 Å². The van der Waals surface area contributed by atoms with Crippen molar-refractivity contribution in [1.29, 1.82) is 0 Å². The van der Waals surface area contributed by atoms with Crippen LogP contribution in [0.2, 0.25) is 0 Å². The molecule has 0 aromatic carbocycles. The second-order valence-corrected chi connectivity index (χ2v) is 4.65. The molecular formula is C11H21N3O2. The third-order valence-electron chi connectivity index (χ3n) is 3.13. The first-order valence-corrected chi connectivity index (χ1v) is 5.73. The number of rotatable bonds is 3. The highest BCUT2D eigenvalue weighted by atomic mass is 16.2. The molecule has 0 saturated carbocycles. The molecule has 1 heterocycles. The molecule has 1 aliphatic rings. The second-order valence-electron chi connectivity index (χ2n) is 4.65. The van der Waals surface area contributed by atoms with E-state index in [0.29, 0.717) is 6.54 Å². The lowest BCUT2D eigenvalue weighted by atomic mass is 9.82. The van der Waals surface area contributed by atoms with Crippen LogP contribution in [-0.2, 0) is 9.59 Å². The molecule has 2 atom stereocenters. The van der Waals surface area contributed by atoms with E-state index >= 15 is 0 Å². The first-order chi connectivity index (χ1) is 7.49. The molecule has 0 radical (unpaired) electrons. The molecule has 0 aromatic rings. The van der Waals surface area contributed by atoms with Crippen LogP contribution in [0.1, 0.15) is 26.7 Å². The van der Waals surface area contributed by atoms with Crippen LogP contribution in [0.5, 0.6) is 0 Å². The minimum atomic E-state index is -0.476. The zero-order valence-corrected chi connectivity index (χ0v) is 10.2. The summed E-state index contributed by atoms with van der Waals surface area (Å²) in [7, 11) is 1.56.